The van der Waals surface area contributed by atoms with Crippen molar-refractivity contribution in [1.82, 2.24) is 10.7 Å². The molecule has 0 aliphatic carbocycles. The van der Waals surface area contributed by atoms with Crippen molar-refractivity contribution < 1.29 is 18.7 Å². The van der Waals surface area contributed by atoms with Gasteiger partial charge in [-0.3, -0.25) is 9.59 Å². The van der Waals surface area contributed by atoms with Crippen LogP contribution in [0.15, 0.2) is 77.9 Å². The van der Waals surface area contributed by atoms with Gasteiger partial charge in [0.1, 0.15) is 18.2 Å². The van der Waals surface area contributed by atoms with E-state index >= 15 is 0 Å². The fraction of sp³-hybridized carbons (Fsp3) is 0.125. The molecule has 0 heterocycles. The molecule has 0 saturated heterocycles. The summed E-state index contributed by atoms with van der Waals surface area (Å²) in [5.74, 6) is -0.385. The van der Waals surface area contributed by atoms with Crippen molar-refractivity contribution in [2.45, 2.75) is 13.5 Å². The summed E-state index contributed by atoms with van der Waals surface area (Å²) >= 11 is 0. The maximum absolute atomic E-state index is 12.9. The first-order valence-corrected chi connectivity index (χ1v) is 9.64. The van der Waals surface area contributed by atoms with Crippen molar-refractivity contribution >= 4 is 18.0 Å². The Kier molecular flexibility index (Phi) is 7.48. The smallest absolute Gasteiger partial charge is 0.259 e. The van der Waals surface area contributed by atoms with Gasteiger partial charge in [-0.2, -0.15) is 5.10 Å². The van der Waals surface area contributed by atoms with Gasteiger partial charge in [0.15, 0.2) is 0 Å². The number of rotatable bonds is 8. The first-order valence-electron chi connectivity index (χ1n) is 9.64. The first-order chi connectivity index (χ1) is 15.0. The Morgan fingerprint density at radius 2 is 1.65 bits per heavy atom. The number of nitrogens with one attached hydrogen (secondary N) is 2. The van der Waals surface area contributed by atoms with Crippen LogP contribution in [0.3, 0.4) is 0 Å². The lowest BCUT2D eigenvalue weighted by atomic mass is 10.1. The molecule has 6 nitrogen and oxygen atoms in total. The van der Waals surface area contributed by atoms with Gasteiger partial charge in [0.25, 0.3) is 11.8 Å². The molecule has 2 N–H and O–H groups in total. The standard InChI is InChI=1S/C24H22FN3O3/c1-17-2-8-20(9-3-17)24(30)26-15-23(29)28-27-14-18-6-12-22(13-7-18)31-16-19-4-10-21(25)11-5-19/h2-14H,15-16H2,1H3,(H,26,30)(H,28,29)/b27-14+. The minimum absolute atomic E-state index is 0.180. The molecule has 0 aromatic heterocycles. The third-order valence-electron chi connectivity index (χ3n) is 4.32. The minimum atomic E-state index is -0.434. The van der Waals surface area contributed by atoms with Crippen LogP contribution in [0.5, 0.6) is 5.75 Å². The van der Waals surface area contributed by atoms with E-state index in [0.29, 0.717) is 17.9 Å². The Labute approximate surface area is 179 Å². The molecule has 158 valence electrons. The van der Waals surface area contributed by atoms with Gasteiger partial charge in [0.2, 0.25) is 0 Å². The molecule has 0 aliphatic heterocycles. The average molecular weight is 419 g/mol. The number of hydrogen-bond acceptors (Lipinski definition) is 4. The van der Waals surface area contributed by atoms with E-state index in [9.17, 15) is 14.0 Å². The predicted molar refractivity (Wildman–Crippen MR) is 116 cm³/mol. The SMILES string of the molecule is Cc1ccc(C(=O)NCC(=O)N/N=C/c2ccc(OCc3ccc(F)cc3)cc2)cc1. The zero-order chi connectivity index (χ0) is 22.1. The maximum atomic E-state index is 12.9. The number of nitrogens with zero attached hydrogens (tertiary/aromatic N) is 1. The second-order valence-electron chi connectivity index (χ2n) is 6.83. The van der Waals surface area contributed by atoms with E-state index in [0.717, 1.165) is 16.7 Å². The lowest BCUT2D eigenvalue weighted by Crippen LogP contribution is -2.34. The molecule has 3 aromatic rings. The molecule has 3 aromatic carbocycles. The normalized spacial score (nSPS) is 10.6. The molecule has 0 fully saturated rings. The number of carbonyl (C=O) groups is 2. The third-order valence-corrected chi connectivity index (χ3v) is 4.32. The molecule has 2 amide bonds. The summed E-state index contributed by atoms with van der Waals surface area (Å²) in [6.07, 6.45) is 1.49. The number of carbonyl (C=O) groups excluding carboxylic acids is 2. The molecule has 3 rings (SSSR count). The van der Waals surface area contributed by atoms with E-state index in [4.69, 9.17) is 4.74 Å². The molecule has 7 heteroatoms. The van der Waals surface area contributed by atoms with Gasteiger partial charge in [-0.1, -0.05) is 29.8 Å². The molecular weight excluding hydrogens is 397 g/mol. The van der Waals surface area contributed by atoms with E-state index < -0.39 is 5.91 Å². The molecule has 0 bridgehead atoms. The highest BCUT2D eigenvalue weighted by Crippen LogP contribution is 2.14. The fourth-order valence-electron chi connectivity index (χ4n) is 2.58. The highest BCUT2D eigenvalue weighted by Gasteiger charge is 2.07. The zero-order valence-electron chi connectivity index (χ0n) is 17.0. The summed E-state index contributed by atoms with van der Waals surface area (Å²) in [6.45, 7) is 2.08. The molecule has 0 radical (unpaired) electrons. The van der Waals surface area contributed by atoms with Crippen molar-refractivity contribution in [3.05, 3.63) is 101 Å². The Bertz CT molecular complexity index is 1050. The Balaban J connectivity index is 1.40. The van der Waals surface area contributed by atoms with E-state index in [1.165, 1.54) is 18.3 Å². The van der Waals surface area contributed by atoms with Gasteiger partial charge >= 0.3 is 0 Å². The summed E-state index contributed by atoms with van der Waals surface area (Å²) in [5.41, 5.74) is 5.54. The second-order valence-corrected chi connectivity index (χ2v) is 6.83. The third kappa shape index (κ3) is 7.08. The molecule has 31 heavy (non-hydrogen) atoms. The quantitative estimate of drug-likeness (QED) is 0.433. The predicted octanol–water partition coefficient (Wildman–Crippen LogP) is 3.59. The lowest BCUT2D eigenvalue weighted by Gasteiger charge is -2.06. The largest absolute Gasteiger partial charge is 0.489 e. The van der Waals surface area contributed by atoms with Gasteiger partial charge in [-0.05, 0) is 66.6 Å². The number of benzene rings is 3. The van der Waals surface area contributed by atoms with Gasteiger partial charge < -0.3 is 10.1 Å². The topological polar surface area (TPSA) is 79.8 Å². The molecule has 0 atom stereocenters. The number of amides is 2. The van der Waals surface area contributed by atoms with Gasteiger partial charge in [0.05, 0.1) is 12.8 Å². The summed E-state index contributed by atoms with van der Waals surface area (Å²) in [4.78, 5) is 23.8. The Hall–Kier alpha value is -4.00. The Morgan fingerprint density at radius 1 is 0.968 bits per heavy atom. The number of halogens is 1. The van der Waals surface area contributed by atoms with Crippen LogP contribution < -0.4 is 15.5 Å². The van der Waals surface area contributed by atoms with Gasteiger partial charge in [-0.25, -0.2) is 9.82 Å². The monoisotopic (exact) mass is 419 g/mol. The lowest BCUT2D eigenvalue weighted by molar-refractivity contribution is -0.120. The highest BCUT2D eigenvalue weighted by atomic mass is 19.1. The number of ether oxygens (including phenoxy) is 1. The van der Waals surface area contributed by atoms with Crippen LogP contribution >= 0.6 is 0 Å². The van der Waals surface area contributed by atoms with Gasteiger partial charge in [0, 0.05) is 5.56 Å². The van der Waals surface area contributed by atoms with E-state index in [1.807, 2.05) is 19.1 Å². The van der Waals surface area contributed by atoms with Crippen LogP contribution in [0.25, 0.3) is 0 Å². The van der Waals surface area contributed by atoms with E-state index in [1.54, 1.807) is 48.5 Å². The second kappa shape index (κ2) is 10.7. The van der Waals surface area contributed by atoms with E-state index in [-0.39, 0.29) is 18.3 Å². The Morgan fingerprint density at radius 3 is 2.32 bits per heavy atom. The zero-order valence-corrected chi connectivity index (χ0v) is 17.0. The van der Waals surface area contributed by atoms with Crippen LogP contribution in [0.1, 0.15) is 27.0 Å². The van der Waals surface area contributed by atoms with Crippen molar-refractivity contribution in [3.8, 4) is 5.75 Å². The number of aryl methyl sites for hydroxylation is 1. The number of hydrogen-bond donors (Lipinski definition) is 2. The summed E-state index contributed by atoms with van der Waals surface area (Å²) in [5, 5.41) is 6.43. The van der Waals surface area contributed by atoms with Crippen molar-refractivity contribution in [2.75, 3.05) is 6.54 Å². The molecule has 0 spiro atoms. The minimum Gasteiger partial charge on any atom is -0.489 e. The van der Waals surface area contributed by atoms with Crippen LogP contribution in [0.2, 0.25) is 0 Å². The number of hydrazone groups is 1. The van der Waals surface area contributed by atoms with Crippen LogP contribution in [0.4, 0.5) is 4.39 Å². The average Bonchev–Trinajstić information content (AvgIpc) is 2.78. The molecule has 0 unspecified atom stereocenters. The van der Waals surface area contributed by atoms with Crippen LogP contribution in [0, 0.1) is 12.7 Å². The van der Waals surface area contributed by atoms with Crippen LogP contribution in [-0.2, 0) is 11.4 Å². The molecule has 0 saturated carbocycles. The summed E-state index contributed by atoms with van der Waals surface area (Å²) in [6, 6.07) is 20.3. The maximum Gasteiger partial charge on any atom is 0.259 e. The molecular formula is C24H22FN3O3. The summed E-state index contributed by atoms with van der Waals surface area (Å²) < 4.78 is 18.6. The van der Waals surface area contributed by atoms with Crippen molar-refractivity contribution in [3.63, 3.8) is 0 Å². The molecule has 0 aliphatic rings. The van der Waals surface area contributed by atoms with Gasteiger partial charge in [-0.15, -0.1) is 0 Å². The van der Waals surface area contributed by atoms with Crippen LogP contribution in [-0.4, -0.2) is 24.6 Å². The van der Waals surface area contributed by atoms with Crippen molar-refractivity contribution in [2.24, 2.45) is 5.10 Å². The summed E-state index contributed by atoms with van der Waals surface area (Å²) in [7, 11) is 0. The highest BCUT2D eigenvalue weighted by molar-refractivity contribution is 5.96. The van der Waals surface area contributed by atoms with Crippen molar-refractivity contribution in [1.29, 1.82) is 0 Å². The first kappa shape index (κ1) is 21.7. The van der Waals surface area contributed by atoms with E-state index in [2.05, 4.69) is 15.8 Å². The fourth-order valence-corrected chi connectivity index (χ4v) is 2.58.